The Morgan fingerprint density at radius 3 is 2.76 bits per heavy atom. The molecule has 0 aliphatic rings. The van der Waals surface area contributed by atoms with Gasteiger partial charge in [0.1, 0.15) is 5.75 Å². The van der Waals surface area contributed by atoms with Gasteiger partial charge >= 0.3 is 0 Å². The van der Waals surface area contributed by atoms with E-state index in [1.165, 1.54) is 0 Å². The first kappa shape index (κ1) is 13.9. The van der Waals surface area contributed by atoms with Crippen LogP contribution in [0.15, 0.2) is 18.2 Å². The molecule has 0 saturated carbocycles. The zero-order chi connectivity index (χ0) is 12.8. The van der Waals surface area contributed by atoms with Gasteiger partial charge in [-0.1, -0.05) is 6.07 Å². The monoisotopic (exact) mass is 253 g/mol. The predicted molar refractivity (Wildman–Crippen MR) is 72.8 cm³/mol. The van der Waals surface area contributed by atoms with E-state index in [2.05, 4.69) is 0 Å². The molecular weight excluding hydrogens is 234 g/mol. The smallest absolute Gasteiger partial charge is 0.257 e. The molecule has 1 N–H and O–H groups in total. The van der Waals surface area contributed by atoms with Crippen molar-refractivity contribution in [1.82, 2.24) is 4.90 Å². The summed E-state index contributed by atoms with van der Waals surface area (Å²) >= 11 is 1.77. The second-order valence-corrected chi connectivity index (χ2v) is 5.08. The minimum Gasteiger partial charge on any atom is -0.507 e. The third-order valence-electron chi connectivity index (χ3n) is 2.57. The van der Waals surface area contributed by atoms with E-state index in [1.807, 2.05) is 19.2 Å². The molecule has 1 aromatic rings. The number of aryl methyl sites for hydroxylation is 1. The molecule has 0 heterocycles. The van der Waals surface area contributed by atoms with Gasteiger partial charge in [-0.05, 0) is 43.0 Å². The SMILES string of the molecule is CSCCCN(C)C(=O)c1ccc(C)cc1O. The largest absolute Gasteiger partial charge is 0.507 e. The van der Waals surface area contributed by atoms with Crippen molar-refractivity contribution >= 4 is 17.7 Å². The highest BCUT2D eigenvalue weighted by molar-refractivity contribution is 7.98. The second-order valence-electron chi connectivity index (χ2n) is 4.09. The first-order valence-electron chi connectivity index (χ1n) is 5.60. The number of amides is 1. The quantitative estimate of drug-likeness (QED) is 0.820. The molecule has 0 radical (unpaired) electrons. The molecule has 0 aromatic heterocycles. The van der Waals surface area contributed by atoms with Gasteiger partial charge in [0.25, 0.3) is 5.91 Å². The minimum absolute atomic E-state index is 0.0618. The van der Waals surface area contributed by atoms with Crippen molar-refractivity contribution in [3.05, 3.63) is 29.3 Å². The number of nitrogens with zero attached hydrogens (tertiary/aromatic N) is 1. The molecule has 0 bridgehead atoms. The number of rotatable bonds is 5. The first-order chi connectivity index (χ1) is 8.06. The van der Waals surface area contributed by atoms with E-state index in [9.17, 15) is 9.90 Å². The van der Waals surface area contributed by atoms with Crippen LogP contribution in [0, 0.1) is 6.92 Å². The zero-order valence-corrected chi connectivity index (χ0v) is 11.4. The molecule has 0 unspecified atom stereocenters. The van der Waals surface area contributed by atoms with Crippen LogP contribution in [0.3, 0.4) is 0 Å². The summed E-state index contributed by atoms with van der Waals surface area (Å²) in [5.74, 6) is 0.979. The van der Waals surface area contributed by atoms with E-state index in [1.54, 1.807) is 35.8 Å². The van der Waals surface area contributed by atoms with Gasteiger partial charge in [-0.3, -0.25) is 4.79 Å². The van der Waals surface area contributed by atoms with E-state index < -0.39 is 0 Å². The molecule has 1 aromatic carbocycles. The van der Waals surface area contributed by atoms with Gasteiger partial charge in [-0.15, -0.1) is 0 Å². The lowest BCUT2D eigenvalue weighted by molar-refractivity contribution is 0.0792. The standard InChI is InChI=1S/C13H19NO2S/c1-10-5-6-11(12(15)9-10)13(16)14(2)7-4-8-17-3/h5-6,9,15H,4,7-8H2,1-3H3. The summed E-state index contributed by atoms with van der Waals surface area (Å²) in [7, 11) is 1.77. The van der Waals surface area contributed by atoms with Gasteiger partial charge in [-0.2, -0.15) is 11.8 Å². The van der Waals surface area contributed by atoms with Crippen LogP contribution in [0.4, 0.5) is 0 Å². The van der Waals surface area contributed by atoms with E-state index >= 15 is 0 Å². The van der Waals surface area contributed by atoms with Crippen molar-refractivity contribution < 1.29 is 9.90 Å². The van der Waals surface area contributed by atoms with E-state index in [-0.39, 0.29) is 11.7 Å². The van der Waals surface area contributed by atoms with Gasteiger partial charge in [0, 0.05) is 13.6 Å². The number of phenolic OH excluding ortho intramolecular Hbond substituents is 1. The van der Waals surface area contributed by atoms with E-state index in [0.717, 1.165) is 17.7 Å². The summed E-state index contributed by atoms with van der Waals surface area (Å²) in [5.41, 5.74) is 1.33. The summed E-state index contributed by atoms with van der Waals surface area (Å²) in [6, 6.07) is 5.13. The molecule has 17 heavy (non-hydrogen) atoms. The Labute approximate surface area is 107 Å². The maximum atomic E-state index is 12.0. The van der Waals surface area contributed by atoms with Crippen LogP contribution in [0.1, 0.15) is 22.3 Å². The lowest BCUT2D eigenvalue weighted by Crippen LogP contribution is -2.28. The topological polar surface area (TPSA) is 40.5 Å². The van der Waals surface area contributed by atoms with Gasteiger partial charge in [0.05, 0.1) is 5.56 Å². The molecule has 0 fully saturated rings. The van der Waals surface area contributed by atoms with Crippen molar-refractivity contribution in [2.24, 2.45) is 0 Å². The Morgan fingerprint density at radius 1 is 1.47 bits per heavy atom. The number of carbonyl (C=O) groups excluding carboxylic acids is 1. The molecule has 0 atom stereocenters. The van der Waals surface area contributed by atoms with Crippen molar-refractivity contribution in [2.45, 2.75) is 13.3 Å². The highest BCUT2D eigenvalue weighted by Gasteiger charge is 2.15. The highest BCUT2D eigenvalue weighted by Crippen LogP contribution is 2.19. The summed E-state index contributed by atoms with van der Waals surface area (Å²) in [4.78, 5) is 13.7. The Bertz CT molecular complexity index is 393. The molecule has 4 heteroatoms. The molecule has 0 saturated heterocycles. The van der Waals surface area contributed by atoms with Crippen molar-refractivity contribution in [3.8, 4) is 5.75 Å². The van der Waals surface area contributed by atoms with Crippen molar-refractivity contribution in [2.75, 3.05) is 25.6 Å². The summed E-state index contributed by atoms with van der Waals surface area (Å²) in [5, 5.41) is 9.73. The van der Waals surface area contributed by atoms with Gasteiger partial charge < -0.3 is 10.0 Å². The Balaban J connectivity index is 2.68. The second kappa shape index (κ2) is 6.55. The van der Waals surface area contributed by atoms with E-state index in [4.69, 9.17) is 0 Å². The van der Waals surface area contributed by atoms with Crippen LogP contribution in [0.25, 0.3) is 0 Å². The van der Waals surface area contributed by atoms with Gasteiger partial charge in [0.15, 0.2) is 0 Å². The number of hydrogen-bond acceptors (Lipinski definition) is 3. The van der Waals surface area contributed by atoms with Crippen molar-refractivity contribution in [1.29, 1.82) is 0 Å². The van der Waals surface area contributed by atoms with Crippen molar-refractivity contribution in [3.63, 3.8) is 0 Å². The number of thioether (sulfide) groups is 1. The zero-order valence-electron chi connectivity index (χ0n) is 10.6. The number of aromatic hydroxyl groups is 1. The number of phenols is 1. The molecule has 0 aliphatic heterocycles. The van der Waals surface area contributed by atoms with Crippen LogP contribution < -0.4 is 0 Å². The maximum Gasteiger partial charge on any atom is 0.257 e. The van der Waals surface area contributed by atoms with E-state index in [0.29, 0.717) is 12.1 Å². The Kier molecular flexibility index (Phi) is 5.35. The number of hydrogen-bond donors (Lipinski definition) is 1. The lowest BCUT2D eigenvalue weighted by Gasteiger charge is -2.17. The van der Waals surface area contributed by atoms with Crippen LogP contribution in [-0.2, 0) is 0 Å². The Morgan fingerprint density at radius 2 is 2.18 bits per heavy atom. The molecule has 0 spiro atoms. The minimum atomic E-state index is -0.122. The average Bonchev–Trinajstić information content (AvgIpc) is 2.28. The fourth-order valence-electron chi connectivity index (χ4n) is 1.58. The molecule has 1 rings (SSSR count). The number of carbonyl (C=O) groups is 1. The Hall–Kier alpha value is -1.16. The van der Waals surface area contributed by atoms with Crippen LogP contribution >= 0.6 is 11.8 Å². The fraction of sp³-hybridized carbons (Fsp3) is 0.462. The normalized spacial score (nSPS) is 10.3. The summed E-state index contributed by atoms with van der Waals surface area (Å²) in [6.07, 6.45) is 3.02. The lowest BCUT2D eigenvalue weighted by atomic mass is 10.1. The fourth-order valence-corrected chi connectivity index (χ4v) is 1.99. The van der Waals surface area contributed by atoms with Gasteiger partial charge in [0.2, 0.25) is 0 Å². The third-order valence-corrected chi connectivity index (χ3v) is 3.27. The molecular formula is C13H19NO2S. The maximum absolute atomic E-state index is 12.0. The first-order valence-corrected chi connectivity index (χ1v) is 6.99. The molecule has 0 aliphatic carbocycles. The number of benzene rings is 1. The summed E-state index contributed by atoms with van der Waals surface area (Å²) < 4.78 is 0. The molecule has 3 nitrogen and oxygen atoms in total. The van der Waals surface area contributed by atoms with Crippen LogP contribution in [0.2, 0.25) is 0 Å². The molecule has 94 valence electrons. The highest BCUT2D eigenvalue weighted by atomic mass is 32.2. The summed E-state index contributed by atoms with van der Waals surface area (Å²) in [6.45, 7) is 2.60. The van der Waals surface area contributed by atoms with Crippen LogP contribution in [0.5, 0.6) is 5.75 Å². The van der Waals surface area contributed by atoms with Gasteiger partial charge in [-0.25, -0.2) is 0 Å². The molecule has 1 amide bonds. The predicted octanol–water partition coefficient (Wildman–Crippen LogP) is 2.53. The third kappa shape index (κ3) is 3.97. The van der Waals surface area contributed by atoms with Crippen LogP contribution in [-0.4, -0.2) is 41.5 Å². The average molecular weight is 253 g/mol.